The summed E-state index contributed by atoms with van der Waals surface area (Å²) < 4.78 is 0. The predicted octanol–water partition coefficient (Wildman–Crippen LogP) is 3.09. The van der Waals surface area contributed by atoms with Gasteiger partial charge in [0.15, 0.2) is 0 Å². The fraction of sp³-hybridized carbons (Fsp3) is 0.357. The molecule has 0 unspecified atom stereocenters. The van der Waals surface area contributed by atoms with E-state index < -0.39 is 0 Å². The lowest BCUT2D eigenvalue weighted by molar-refractivity contribution is 0.243. The number of urea groups is 1. The zero-order valence-electron chi connectivity index (χ0n) is 10.2. The van der Waals surface area contributed by atoms with Crippen LogP contribution in [-0.2, 0) is 0 Å². The fourth-order valence-corrected chi connectivity index (χ4v) is 2.23. The fourth-order valence-electron chi connectivity index (χ4n) is 2.23. The SMILES string of the molecule is O=C(NCC1CCC1)Nc1ccc2cc[nH]c2c1. The van der Waals surface area contributed by atoms with Gasteiger partial charge in [-0.25, -0.2) is 4.79 Å². The number of anilines is 1. The van der Waals surface area contributed by atoms with E-state index in [1.807, 2.05) is 30.5 Å². The largest absolute Gasteiger partial charge is 0.361 e. The van der Waals surface area contributed by atoms with E-state index in [9.17, 15) is 4.79 Å². The molecule has 1 aromatic carbocycles. The van der Waals surface area contributed by atoms with Crippen LogP contribution in [0.2, 0.25) is 0 Å². The lowest BCUT2D eigenvalue weighted by Gasteiger charge is -2.25. The Morgan fingerprint density at radius 1 is 1.33 bits per heavy atom. The third-order valence-electron chi connectivity index (χ3n) is 3.59. The van der Waals surface area contributed by atoms with Crippen molar-refractivity contribution in [2.75, 3.05) is 11.9 Å². The molecule has 94 valence electrons. The minimum atomic E-state index is -0.118. The normalized spacial score (nSPS) is 15.3. The Morgan fingerprint density at radius 2 is 2.22 bits per heavy atom. The van der Waals surface area contributed by atoms with Crippen LogP contribution in [0, 0.1) is 5.92 Å². The van der Waals surface area contributed by atoms with Crippen LogP contribution in [0.15, 0.2) is 30.5 Å². The molecule has 2 aromatic rings. The minimum Gasteiger partial charge on any atom is -0.361 e. The Kier molecular flexibility index (Phi) is 2.92. The van der Waals surface area contributed by atoms with Gasteiger partial charge < -0.3 is 15.6 Å². The van der Waals surface area contributed by atoms with E-state index in [-0.39, 0.29) is 6.03 Å². The summed E-state index contributed by atoms with van der Waals surface area (Å²) >= 11 is 0. The van der Waals surface area contributed by atoms with E-state index in [0.717, 1.165) is 23.1 Å². The van der Waals surface area contributed by atoms with Gasteiger partial charge in [0.25, 0.3) is 0 Å². The third-order valence-corrected chi connectivity index (χ3v) is 3.59. The molecule has 4 nitrogen and oxygen atoms in total. The number of carbonyl (C=O) groups excluding carboxylic acids is 1. The van der Waals surface area contributed by atoms with E-state index in [0.29, 0.717) is 5.92 Å². The zero-order valence-corrected chi connectivity index (χ0v) is 10.2. The summed E-state index contributed by atoms with van der Waals surface area (Å²) in [6.45, 7) is 0.788. The van der Waals surface area contributed by atoms with Crippen LogP contribution >= 0.6 is 0 Å². The highest BCUT2D eigenvalue weighted by Crippen LogP contribution is 2.25. The van der Waals surface area contributed by atoms with Crippen molar-refractivity contribution < 1.29 is 4.79 Å². The molecule has 3 N–H and O–H groups in total. The average Bonchev–Trinajstić information content (AvgIpc) is 2.74. The van der Waals surface area contributed by atoms with Gasteiger partial charge in [-0.05, 0) is 42.3 Å². The van der Waals surface area contributed by atoms with Gasteiger partial charge in [0.05, 0.1) is 0 Å². The van der Waals surface area contributed by atoms with Crippen LogP contribution in [-0.4, -0.2) is 17.6 Å². The van der Waals surface area contributed by atoms with Crippen LogP contribution in [0.3, 0.4) is 0 Å². The first-order valence-corrected chi connectivity index (χ1v) is 6.43. The van der Waals surface area contributed by atoms with Crippen molar-refractivity contribution in [3.63, 3.8) is 0 Å². The Labute approximate surface area is 106 Å². The van der Waals surface area contributed by atoms with Gasteiger partial charge in [-0.2, -0.15) is 0 Å². The molecule has 1 aliphatic carbocycles. The molecule has 1 saturated carbocycles. The van der Waals surface area contributed by atoms with E-state index in [1.165, 1.54) is 19.3 Å². The Balaban J connectivity index is 1.58. The van der Waals surface area contributed by atoms with Gasteiger partial charge in [-0.15, -0.1) is 0 Å². The number of carbonyl (C=O) groups is 1. The van der Waals surface area contributed by atoms with Gasteiger partial charge in [-0.3, -0.25) is 0 Å². The first kappa shape index (κ1) is 11.1. The smallest absolute Gasteiger partial charge is 0.319 e. The molecule has 0 bridgehead atoms. The average molecular weight is 243 g/mol. The number of H-pyrrole nitrogens is 1. The molecule has 4 heteroatoms. The number of benzene rings is 1. The predicted molar refractivity (Wildman–Crippen MR) is 72.7 cm³/mol. The van der Waals surface area contributed by atoms with Crippen LogP contribution < -0.4 is 10.6 Å². The molecule has 1 fully saturated rings. The number of aromatic amines is 1. The molecule has 2 amide bonds. The third kappa shape index (κ3) is 2.32. The van der Waals surface area contributed by atoms with Gasteiger partial charge in [0.1, 0.15) is 0 Å². The van der Waals surface area contributed by atoms with Crippen molar-refractivity contribution in [3.8, 4) is 0 Å². The van der Waals surface area contributed by atoms with E-state index in [2.05, 4.69) is 15.6 Å². The van der Waals surface area contributed by atoms with Crippen LogP contribution in [0.25, 0.3) is 10.9 Å². The first-order chi connectivity index (χ1) is 8.81. The molecule has 0 atom stereocenters. The number of nitrogens with one attached hydrogen (secondary N) is 3. The molecule has 0 spiro atoms. The quantitative estimate of drug-likeness (QED) is 0.762. The Morgan fingerprint density at radius 3 is 3.00 bits per heavy atom. The summed E-state index contributed by atoms with van der Waals surface area (Å²) in [5.41, 5.74) is 1.85. The first-order valence-electron chi connectivity index (χ1n) is 6.43. The van der Waals surface area contributed by atoms with Gasteiger partial charge in [0, 0.05) is 23.9 Å². The minimum absolute atomic E-state index is 0.118. The summed E-state index contributed by atoms with van der Waals surface area (Å²) in [6, 6.07) is 7.74. The second kappa shape index (κ2) is 4.72. The van der Waals surface area contributed by atoms with Crippen molar-refractivity contribution in [1.29, 1.82) is 0 Å². The number of rotatable bonds is 3. The number of amides is 2. The molecular weight excluding hydrogens is 226 g/mol. The van der Waals surface area contributed by atoms with E-state index in [4.69, 9.17) is 0 Å². The highest BCUT2D eigenvalue weighted by molar-refractivity contribution is 5.92. The Bertz CT molecular complexity index is 557. The Hall–Kier alpha value is -1.97. The molecule has 18 heavy (non-hydrogen) atoms. The van der Waals surface area contributed by atoms with Crippen molar-refractivity contribution in [2.24, 2.45) is 5.92 Å². The van der Waals surface area contributed by atoms with Crippen LogP contribution in [0.4, 0.5) is 10.5 Å². The molecule has 1 heterocycles. The number of hydrogen-bond acceptors (Lipinski definition) is 1. The molecule has 0 radical (unpaired) electrons. The van der Waals surface area contributed by atoms with Crippen molar-refractivity contribution in [3.05, 3.63) is 30.5 Å². The van der Waals surface area contributed by atoms with Gasteiger partial charge in [0.2, 0.25) is 0 Å². The van der Waals surface area contributed by atoms with E-state index in [1.54, 1.807) is 0 Å². The second-order valence-corrected chi connectivity index (χ2v) is 4.91. The molecule has 3 rings (SSSR count). The summed E-state index contributed by atoms with van der Waals surface area (Å²) in [7, 11) is 0. The topological polar surface area (TPSA) is 56.9 Å². The number of aromatic nitrogens is 1. The molecule has 0 aliphatic heterocycles. The highest BCUT2D eigenvalue weighted by Gasteiger charge is 2.17. The summed E-state index contributed by atoms with van der Waals surface area (Å²) in [6.07, 6.45) is 5.69. The second-order valence-electron chi connectivity index (χ2n) is 4.91. The lowest BCUT2D eigenvalue weighted by atomic mass is 9.85. The highest BCUT2D eigenvalue weighted by atomic mass is 16.2. The molecule has 1 aromatic heterocycles. The summed E-state index contributed by atoms with van der Waals surface area (Å²) in [5, 5.41) is 6.92. The van der Waals surface area contributed by atoms with Crippen LogP contribution in [0.5, 0.6) is 0 Å². The zero-order chi connectivity index (χ0) is 12.4. The lowest BCUT2D eigenvalue weighted by Crippen LogP contribution is -2.35. The van der Waals surface area contributed by atoms with Crippen molar-refractivity contribution in [2.45, 2.75) is 19.3 Å². The molecule has 1 aliphatic rings. The molecular formula is C14H17N3O. The number of hydrogen-bond donors (Lipinski definition) is 3. The standard InChI is InChI=1S/C14H17N3O/c18-14(16-9-10-2-1-3-10)17-12-5-4-11-6-7-15-13(11)8-12/h4-8,10,15H,1-3,9H2,(H2,16,17,18). The maximum atomic E-state index is 11.7. The van der Waals surface area contributed by atoms with Gasteiger partial charge in [-0.1, -0.05) is 12.5 Å². The summed E-state index contributed by atoms with van der Waals surface area (Å²) in [5.74, 6) is 0.682. The summed E-state index contributed by atoms with van der Waals surface area (Å²) in [4.78, 5) is 14.8. The number of fused-ring (bicyclic) bond motifs is 1. The van der Waals surface area contributed by atoms with E-state index >= 15 is 0 Å². The van der Waals surface area contributed by atoms with Crippen molar-refractivity contribution in [1.82, 2.24) is 10.3 Å². The van der Waals surface area contributed by atoms with Crippen molar-refractivity contribution >= 4 is 22.6 Å². The van der Waals surface area contributed by atoms with Gasteiger partial charge >= 0.3 is 6.03 Å². The maximum absolute atomic E-state index is 11.7. The molecule has 0 saturated heterocycles. The monoisotopic (exact) mass is 243 g/mol. The maximum Gasteiger partial charge on any atom is 0.319 e. The van der Waals surface area contributed by atoms with Crippen LogP contribution in [0.1, 0.15) is 19.3 Å².